The number of aryl methyl sites for hydroxylation is 2. The molecular weight excluding hydrogens is 306 g/mol. The number of fused-ring (bicyclic) bond motifs is 1. The molecule has 0 aliphatic heterocycles. The van der Waals surface area contributed by atoms with Crippen LogP contribution in [-0.4, -0.2) is 10.8 Å². The van der Waals surface area contributed by atoms with Crippen molar-refractivity contribution in [3.63, 3.8) is 0 Å². The highest BCUT2D eigenvalue weighted by atomic mass is 79.9. The highest BCUT2D eigenvalue weighted by Gasteiger charge is 2.19. The summed E-state index contributed by atoms with van der Waals surface area (Å²) >= 11 is 3.50. The van der Waals surface area contributed by atoms with Crippen LogP contribution in [0, 0.1) is 13.8 Å². The summed E-state index contributed by atoms with van der Waals surface area (Å²) in [7, 11) is 0. The molecule has 2 heterocycles. The van der Waals surface area contributed by atoms with Crippen LogP contribution in [0.25, 0.3) is 10.9 Å². The highest BCUT2D eigenvalue weighted by Crippen LogP contribution is 2.29. The Hall–Kier alpha value is -1.81. The van der Waals surface area contributed by atoms with E-state index >= 15 is 0 Å². The van der Waals surface area contributed by atoms with Gasteiger partial charge in [-0.05, 0) is 32.0 Å². The van der Waals surface area contributed by atoms with Gasteiger partial charge in [0, 0.05) is 27.1 Å². The number of carbonyl (C=O) groups is 1. The van der Waals surface area contributed by atoms with Crippen molar-refractivity contribution in [1.82, 2.24) is 4.98 Å². The number of benzene rings is 1. The summed E-state index contributed by atoms with van der Waals surface area (Å²) in [5, 5.41) is 0.908. The van der Waals surface area contributed by atoms with Crippen LogP contribution < -0.4 is 0 Å². The SMILES string of the molecule is Cc1cc(C(=O)c2c[nH]c3cccc(Br)c23)c(C)o1. The Morgan fingerprint density at radius 1 is 1.26 bits per heavy atom. The number of rotatable bonds is 2. The van der Waals surface area contributed by atoms with Gasteiger partial charge in [0.05, 0.1) is 5.56 Å². The lowest BCUT2D eigenvalue weighted by atomic mass is 10.0. The number of halogens is 1. The maximum absolute atomic E-state index is 12.6. The van der Waals surface area contributed by atoms with E-state index in [1.807, 2.05) is 32.0 Å². The molecule has 1 aromatic carbocycles. The monoisotopic (exact) mass is 317 g/mol. The van der Waals surface area contributed by atoms with Gasteiger partial charge >= 0.3 is 0 Å². The zero-order valence-corrected chi connectivity index (χ0v) is 12.2. The molecule has 0 unspecified atom stereocenters. The normalized spacial score (nSPS) is 11.1. The van der Waals surface area contributed by atoms with Crippen LogP contribution in [0.2, 0.25) is 0 Å². The lowest BCUT2D eigenvalue weighted by Gasteiger charge is -1.99. The van der Waals surface area contributed by atoms with Crippen molar-refractivity contribution in [2.45, 2.75) is 13.8 Å². The smallest absolute Gasteiger partial charge is 0.198 e. The Kier molecular flexibility index (Phi) is 2.82. The van der Waals surface area contributed by atoms with E-state index in [2.05, 4.69) is 20.9 Å². The number of aromatic nitrogens is 1. The number of carbonyl (C=O) groups excluding carboxylic acids is 1. The van der Waals surface area contributed by atoms with E-state index in [0.29, 0.717) is 16.9 Å². The molecule has 2 aromatic heterocycles. The molecule has 0 aliphatic rings. The summed E-state index contributed by atoms with van der Waals surface area (Å²) in [6.07, 6.45) is 1.75. The van der Waals surface area contributed by atoms with Crippen LogP contribution in [0.5, 0.6) is 0 Å². The predicted octanol–water partition coefficient (Wildman–Crippen LogP) is 4.37. The van der Waals surface area contributed by atoms with Crippen LogP contribution >= 0.6 is 15.9 Å². The minimum Gasteiger partial charge on any atom is -0.466 e. The average molecular weight is 318 g/mol. The lowest BCUT2D eigenvalue weighted by Crippen LogP contribution is -2.00. The fourth-order valence-corrected chi connectivity index (χ4v) is 2.90. The van der Waals surface area contributed by atoms with Gasteiger partial charge in [0.2, 0.25) is 0 Å². The van der Waals surface area contributed by atoms with Crippen molar-refractivity contribution in [3.05, 3.63) is 57.6 Å². The van der Waals surface area contributed by atoms with Crippen LogP contribution in [0.4, 0.5) is 0 Å². The maximum Gasteiger partial charge on any atom is 0.198 e. The first kappa shape index (κ1) is 12.2. The first-order valence-corrected chi connectivity index (χ1v) is 6.74. The van der Waals surface area contributed by atoms with Crippen molar-refractivity contribution >= 4 is 32.6 Å². The minimum absolute atomic E-state index is 0.0208. The summed E-state index contributed by atoms with van der Waals surface area (Å²) in [5.41, 5.74) is 2.22. The molecule has 4 heteroatoms. The number of H-pyrrole nitrogens is 1. The van der Waals surface area contributed by atoms with Gasteiger partial charge < -0.3 is 9.40 Å². The lowest BCUT2D eigenvalue weighted by molar-refractivity contribution is 0.103. The molecular formula is C15H12BrNO2. The quantitative estimate of drug-likeness (QED) is 0.713. The summed E-state index contributed by atoms with van der Waals surface area (Å²) in [4.78, 5) is 15.7. The molecule has 96 valence electrons. The van der Waals surface area contributed by atoms with Crippen LogP contribution in [-0.2, 0) is 0 Å². The predicted molar refractivity (Wildman–Crippen MR) is 77.6 cm³/mol. The molecule has 0 bridgehead atoms. The Morgan fingerprint density at radius 3 is 2.74 bits per heavy atom. The molecule has 3 rings (SSSR count). The van der Waals surface area contributed by atoms with E-state index in [9.17, 15) is 4.79 Å². The third kappa shape index (κ3) is 1.92. The van der Waals surface area contributed by atoms with Gasteiger partial charge in [-0.3, -0.25) is 4.79 Å². The fraction of sp³-hybridized carbons (Fsp3) is 0.133. The second-order valence-corrected chi connectivity index (χ2v) is 5.38. The maximum atomic E-state index is 12.6. The number of aromatic amines is 1. The highest BCUT2D eigenvalue weighted by molar-refractivity contribution is 9.10. The molecule has 0 atom stereocenters. The number of hydrogen-bond acceptors (Lipinski definition) is 2. The Balaban J connectivity index is 2.20. The van der Waals surface area contributed by atoms with E-state index in [1.54, 1.807) is 12.3 Å². The molecule has 0 aliphatic carbocycles. The summed E-state index contributed by atoms with van der Waals surface area (Å²) in [6, 6.07) is 7.60. The van der Waals surface area contributed by atoms with E-state index in [-0.39, 0.29) is 5.78 Å². The molecule has 0 fully saturated rings. The van der Waals surface area contributed by atoms with E-state index in [4.69, 9.17) is 4.42 Å². The zero-order valence-electron chi connectivity index (χ0n) is 10.6. The minimum atomic E-state index is -0.0208. The molecule has 0 radical (unpaired) electrons. The number of ketones is 1. The largest absolute Gasteiger partial charge is 0.466 e. The first-order chi connectivity index (χ1) is 9.08. The summed E-state index contributed by atoms with van der Waals surface area (Å²) in [6.45, 7) is 3.65. The van der Waals surface area contributed by atoms with Gasteiger partial charge in [-0.25, -0.2) is 0 Å². The molecule has 19 heavy (non-hydrogen) atoms. The van der Waals surface area contributed by atoms with Gasteiger partial charge in [0.15, 0.2) is 5.78 Å². The van der Waals surface area contributed by atoms with Crippen LogP contribution in [0.1, 0.15) is 27.4 Å². The van der Waals surface area contributed by atoms with Crippen molar-refractivity contribution in [3.8, 4) is 0 Å². The van der Waals surface area contributed by atoms with Gasteiger partial charge in [-0.2, -0.15) is 0 Å². The molecule has 3 aromatic rings. The zero-order chi connectivity index (χ0) is 13.6. The second-order valence-electron chi connectivity index (χ2n) is 4.52. The van der Waals surface area contributed by atoms with Gasteiger partial charge in [0.1, 0.15) is 11.5 Å². The first-order valence-electron chi connectivity index (χ1n) is 5.95. The van der Waals surface area contributed by atoms with Gasteiger partial charge in [-0.15, -0.1) is 0 Å². The van der Waals surface area contributed by atoms with E-state index < -0.39 is 0 Å². The van der Waals surface area contributed by atoms with Crippen molar-refractivity contribution in [2.75, 3.05) is 0 Å². The third-order valence-corrected chi connectivity index (χ3v) is 3.85. The average Bonchev–Trinajstić information content (AvgIpc) is 2.93. The standard InChI is InChI=1S/C15H12BrNO2/c1-8-6-10(9(2)19-8)15(18)11-7-17-13-5-3-4-12(16)14(11)13/h3-7,17H,1-2H3. The van der Waals surface area contributed by atoms with Gasteiger partial charge in [-0.1, -0.05) is 22.0 Å². The van der Waals surface area contributed by atoms with Crippen LogP contribution in [0.15, 0.2) is 39.4 Å². The third-order valence-electron chi connectivity index (χ3n) is 3.19. The number of hydrogen-bond donors (Lipinski definition) is 1. The molecule has 0 amide bonds. The van der Waals surface area contributed by atoms with Gasteiger partial charge in [0.25, 0.3) is 0 Å². The molecule has 0 saturated heterocycles. The number of nitrogens with one attached hydrogen (secondary N) is 1. The fourth-order valence-electron chi connectivity index (χ4n) is 2.32. The molecule has 0 saturated carbocycles. The van der Waals surface area contributed by atoms with Crippen molar-refractivity contribution in [1.29, 1.82) is 0 Å². The van der Waals surface area contributed by atoms with Crippen LogP contribution in [0.3, 0.4) is 0 Å². The molecule has 3 nitrogen and oxygen atoms in total. The van der Waals surface area contributed by atoms with E-state index in [0.717, 1.165) is 21.1 Å². The summed E-state index contributed by atoms with van der Waals surface area (Å²) < 4.78 is 6.34. The van der Waals surface area contributed by atoms with E-state index in [1.165, 1.54) is 0 Å². The number of furan rings is 1. The Morgan fingerprint density at radius 2 is 2.05 bits per heavy atom. The Labute approximate surface area is 118 Å². The van der Waals surface area contributed by atoms with Crippen molar-refractivity contribution < 1.29 is 9.21 Å². The second kappa shape index (κ2) is 4.38. The van der Waals surface area contributed by atoms with Crippen molar-refractivity contribution in [2.24, 2.45) is 0 Å². The molecule has 1 N–H and O–H groups in total. The Bertz CT molecular complexity index is 783. The topological polar surface area (TPSA) is 46.0 Å². The molecule has 0 spiro atoms. The summed E-state index contributed by atoms with van der Waals surface area (Å²) in [5.74, 6) is 1.39.